The molecule has 1 aliphatic rings. The molecule has 148 valence electrons. The van der Waals surface area contributed by atoms with Crippen LogP contribution in [-0.2, 0) is 9.59 Å². The van der Waals surface area contributed by atoms with E-state index in [1.807, 2.05) is 24.3 Å². The van der Waals surface area contributed by atoms with Crippen LogP contribution in [0.25, 0.3) is 0 Å². The zero-order valence-electron chi connectivity index (χ0n) is 16.0. The predicted octanol–water partition coefficient (Wildman–Crippen LogP) is 3.45. The smallest absolute Gasteiger partial charge is 0.238 e. The van der Waals surface area contributed by atoms with Gasteiger partial charge in [-0.05, 0) is 68.4 Å². The number of likely N-dealkylation sites (N-methyl/N-ethyl adjacent to an activating group) is 1. The topological polar surface area (TPSA) is 64.7 Å². The number of halogens is 1. The van der Waals surface area contributed by atoms with Crippen molar-refractivity contribution in [2.45, 2.75) is 12.8 Å². The average molecular weight is 401 g/mol. The molecule has 2 N–H and O–H groups in total. The van der Waals surface area contributed by atoms with E-state index in [1.54, 1.807) is 36.2 Å². The van der Waals surface area contributed by atoms with Gasteiger partial charge in [0.15, 0.2) is 0 Å². The maximum absolute atomic E-state index is 12.2. The maximum atomic E-state index is 12.2. The number of anilines is 3. The van der Waals surface area contributed by atoms with Crippen LogP contribution in [0.4, 0.5) is 17.1 Å². The molecule has 0 atom stereocenters. The summed E-state index contributed by atoms with van der Waals surface area (Å²) in [5.41, 5.74) is 2.61. The number of benzene rings is 2. The van der Waals surface area contributed by atoms with Gasteiger partial charge >= 0.3 is 0 Å². The molecule has 0 radical (unpaired) electrons. The summed E-state index contributed by atoms with van der Waals surface area (Å²) < 4.78 is 0. The van der Waals surface area contributed by atoms with Gasteiger partial charge in [-0.15, -0.1) is 0 Å². The van der Waals surface area contributed by atoms with Gasteiger partial charge in [-0.2, -0.15) is 0 Å². The Morgan fingerprint density at radius 1 is 0.893 bits per heavy atom. The summed E-state index contributed by atoms with van der Waals surface area (Å²) >= 11 is 5.83. The van der Waals surface area contributed by atoms with Crippen LogP contribution in [-0.4, -0.2) is 49.9 Å². The quantitative estimate of drug-likeness (QED) is 0.747. The van der Waals surface area contributed by atoms with Crippen LogP contribution in [0.5, 0.6) is 0 Å². The van der Waals surface area contributed by atoms with Crippen molar-refractivity contribution < 1.29 is 9.59 Å². The lowest BCUT2D eigenvalue weighted by atomic mass is 10.2. The van der Waals surface area contributed by atoms with Gasteiger partial charge in [0.05, 0.1) is 13.1 Å². The fraction of sp³-hybridized carbons (Fsp3) is 0.333. The Labute approximate surface area is 170 Å². The van der Waals surface area contributed by atoms with E-state index in [1.165, 1.54) is 18.5 Å². The largest absolute Gasteiger partial charge is 0.372 e. The van der Waals surface area contributed by atoms with Crippen molar-refractivity contribution in [2.75, 3.05) is 48.8 Å². The predicted molar refractivity (Wildman–Crippen MR) is 114 cm³/mol. The molecular formula is C21H25ClN4O2. The first-order valence-corrected chi connectivity index (χ1v) is 9.76. The zero-order valence-corrected chi connectivity index (χ0v) is 16.7. The molecule has 1 saturated heterocycles. The fourth-order valence-electron chi connectivity index (χ4n) is 3.21. The Morgan fingerprint density at radius 2 is 1.36 bits per heavy atom. The minimum Gasteiger partial charge on any atom is -0.372 e. The highest BCUT2D eigenvalue weighted by molar-refractivity contribution is 6.30. The van der Waals surface area contributed by atoms with Crippen LogP contribution >= 0.6 is 11.6 Å². The highest BCUT2D eigenvalue weighted by atomic mass is 35.5. The third kappa shape index (κ3) is 5.97. The molecule has 0 spiro atoms. The summed E-state index contributed by atoms with van der Waals surface area (Å²) in [6.45, 7) is 2.43. The van der Waals surface area contributed by atoms with E-state index in [0.29, 0.717) is 10.7 Å². The molecule has 2 aromatic rings. The number of hydrogen-bond donors (Lipinski definition) is 2. The number of rotatable bonds is 7. The van der Waals surface area contributed by atoms with E-state index >= 15 is 0 Å². The molecule has 3 rings (SSSR count). The molecule has 6 nitrogen and oxygen atoms in total. The molecule has 0 aromatic heterocycles. The Kier molecular flexibility index (Phi) is 6.90. The molecule has 2 aromatic carbocycles. The van der Waals surface area contributed by atoms with E-state index in [0.717, 1.165) is 18.8 Å². The van der Waals surface area contributed by atoms with Gasteiger partial charge in [-0.3, -0.25) is 14.5 Å². The molecule has 0 aliphatic carbocycles. The van der Waals surface area contributed by atoms with Gasteiger partial charge in [-0.1, -0.05) is 11.6 Å². The van der Waals surface area contributed by atoms with E-state index in [4.69, 9.17) is 11.6 Å². The van der Waals surface area contributed by atoms with Crippen LogP contribution in [0.1, 0.15) is 12.8 Å². The van der Waals surface area contributed by atoms with Gasteiger partial charge < -0.3 is 15.5 Å². The van der Waals surface area contributed by atoms with Gasteiger partial charge in [0.1, 0.15) is 0 Å². The number of hydrogen-bond acceptors (Lipinski definition) is 4. The van der Waals surface area contributed by atoms with Crippen LogP contribution in [0.2, 0.25) is 5.02 Å². The average Bonchev–Trinajstić information content (AvgIpc) is 3.18. The molecule has 1 heterocycles. The number of amides is 2. The Bertz CT molecular complexity index is 802. The van der Waals surface area contributed by atoms with E-state index < -0.39 is 0 Å². The molecule has 0 saturated carbocycles. The first-order chi connectivity index (χ1) is 13.5. The molecule has 1 aliphatic heterocycles. The van der Waals surface area contributed by atoms with Crippen LogP contribution in [0.15, 0.2) is 48.5 Å². The molecule has 7 heteroatoms. The molecule has 28 heavy (non-hydrogen) atoms. The van der Waals surface area contributed by atoms with Crippen LogP contribution in [0, 0.1) is 0 Å². The van der Waals surface area contributed by atoms with Gasteiger partial charge in [-0.25, -0.2) is 0 Å². The van der Waals surface area contributed by atoms with E-state index in [2.05, 4.69) is 15.5 Å². The second kappa shape index (κ2) is 9.57. The van der Waals surface area contributed by atoms with Gasteiger partial charge in [0, 0.05) is 35.2 Å². The lowest BCUT2D eigenvalue weighted by Gasteiger charge is -2.18. The Balaban J connectivity index is 1.43. The van der Waals surface area contributed by atoms with Gasteiger partial charge in [0.2, 0.25) is 11.8 Å². The minimum absolute atomic E-state index is 0.115. The number of nitrogens with zero attached hydrogens (tertiary/aromatic N) is 2. The summed E-state index contributed by atoms with van der Waals surface area (Å²) in [5.74, 6) is -0.344. The number of carbonyl (C=O) groups is 2. The molecular weight excluding hydrogens is 376 g/mol. The Hall–Kier alpha value is -2.57. The third-order valence-electron chi connectivity index (χ3n) is 4.58. The number of carbonyl (C=O) groups excluding carboxylic acids is 2. The first kappa shape index (κ1) is 20.2. The summed E-state index contributed by atoms with van der Waals surface area (Å²) in [5, 5.41) is 6.27. The van der Waals surface area contributed by atoms with E-state index in [-0.39, 0.29) is 24.9 Å². The number of nitrogens with one attached hydrogen (secondary N) is 2. The summed E-state index contributed by atoms with van der Waals surface area (Å²) in [7, 11) is 1.73. The summed E-state index contributed by atoms with van der Waals surface area (Å²) in [4.78, 5) is 28.3. The first-order valence-electron chi connectivity index (χ1n) is 9.38. The summed E-state index contributed by atoms with van der Waals surface area (Å²) in [6.07, 6.45) is 2.47. The van der Waals surface area contributed by atoms with Crippen molar-refractivity contribution in [3.8, 4) is 0 Å². The Morgan fingerprint density at radius 3 is 1.86 bits per heavy atom. The standard InChI is InChI=1S/C21H25ClN4O2/c1-25(14-20(27)23-17-6-4-16(22)5-7-17)15-21(28)24-18-8-10-19(11-9-18)26-12-2-3-13-26/h4-11H,2-3,12-15H2,1H3,(H,23,27)(H,24,28). The normalized spacial score (nSPS) is 13.6. The second-order valence-electron chi connectivity index (χ2n) is 7.02. The van der Waals surface area contributed by atoms with Crippen molar-refractivity contribution >= 4 is 40.5 Å². The van der Waals surface area contributed by atoms with Crippen molar-refractivity contribution in [1.29, 1.82) is 0 Å². The van der Waals surface area contributed by atoms with Crippen LogP contribution in [0.3, 0.4) is 0 Å². The van der Waals surface area contributed by atoms with Crippen molar-refractivity contribution in [1.82, 2.24) is 4.90 Å². The maximum Gasteiger partial charge on any atom is 0.238 e. The highest BCUT2D eigenvalue weighted by Crippen LogP contribution is 2.22. The SMILES string of the molecule is CN(CC(=O)Nc1ccc(Cl)cc1)CC(=O)Nc1ccc(N2CCCC2)cc1. The fourth-order valence-corrected chi connectivity index (χ4v) is 3.34. The summed E-state index contributed by atoms with van der Waals surface area (Å²) in [6, 6.07) is 14.8. The lowest BCUT2D eigenvalue weighted by Crippen LogP contribution is -2.36. The van der Waals surface area contributed by atoms with Crippen molar-refractivity contribution in [3.63, 3.8) is 0 Å². The molecule has 1 fully saturated rings. The highest BCUT2D eigenvalue weighted by Gasteiger charge is 2.13. The third-order valence-corrected chi connectivity index (χ3v) is 4.83. The zero-order chi connectivity index (χ0) is 19.9. The molecule has 2 amide bonds. The molecule has 0 bridgehead atoms. The van der Waals surface area contributed by atoms with Crippen molar-refractivity contribution in [2.24, 2.45) is 0 Å². The minimum atomic E-state index is -0.187. The van der Waals surface area contributed by atoms with Gasteiger partial charge in [0.25, 0.3) is 0 Å². The van der Waals surface area contributed by atoms with Crippen LogP contribution < -0.4 is 15.5 Å². The monoisotopic (exact) mass is 400 g/mol. The molecule has 0 unspecified atom stereocenters. The second-order valence-corrected chi connectivity index (χ2v) is 7.45. The lowest BCUT2D eigenvalue weighted by molar-refractivity contribution is -0.119. The van der Waals surface area contributed by atoms with E-state index in [9.17, 15) is 9.59 Å². The van der Waals surface area contributed by atoms with Crippen molar-refractivity contribution in [3.05, 3.63) is 53.6 Å².